The quantitative estimate of drug-likeness (QED) is 0.444. The molecule has 5 heteroatoms. The van der Waals surface area contributed by atoms with Crippen molar-refractivity contribution in [3.05, 3.63) is 0 Å². The topological polar surface area (TPSA) is 55.4 Å². The van der Waals surface area contributed by atoms with Crippen LogP contribution >= 0.6 is 0 Å². The third-order valence-corrected chi connectivity index (χ3v) is 1.46. The SMILES string of the molecule is CC(C)NCCCO[SH](=O)=O. The maximum atomic E-state index is 9.89. The van der Waals surface area contributed by atoms with Crippen molar-refractivity contribution in [1.29, 1.82) is 0 Å². The highest BCUT2D eigenvalue weighted by molar-refractivity contribution is 7.67. The lowest BCUT2D eigenvalue weighted by Crippen LogP contribution is -2.24. The minimum absolute atomic E-state index is 0.276. The van der Waals surface area contributed by atoms with E-state index in [2.05, 4.69) is 9.50 Å². The Morgan fingerprint density at radius 1 is 1.45 bits per heavy atom. The molecule has 0 saturated heterocycles. The normalized spacial score (nSPS) is 11.3. The Morgan fingerprint density at radius 3 is 2.55 bits per heavy atom. The second-order valence-corrected chi connectivity index (χ2v) is 3.22. The average Bonchev–Trinajstić information content (AvgIpc) is 1.85. The fourth-order valence-corrected chi connectivity index (χ4v) is 0.880. The molecule has 68 valence electrons. The van der Waals surface area contributed by atoms with E-state index in [1.165, 1.54) is 0 Å². The molecule has 0 heterocycles. The van der Waals surface area contributed by atoms with Gasteiger partial charge in [-0.2, -0.15) is 0 Å². The highest BCUT2D eigenvalue weighted by Gasteiger charge is 1.91. The second-order valence-electron chi connectivity index (χ2n) is 2.52. The number of hydrogen-bond acceptors (Lipinski definition) is 4. The zero-order chi connectivity index (χ0) is 8.69. The zero-order valence-corrected chi connectivity index (χ0v) is 7.77. The lowest BCUT2D eigenvalue weighted by atomic mass is 10.3. The van der Waals surface area contributed by atoms with Crippen molar-refractivity contribution in [2.75, 3.05) is 13.2 Å². The Kier molecular flexibility index (Phi) is 6.49. The molecule has 11 heavy (non-hydrogen) atoms. The van der Waals surface area contributed by atoms with Gasteiger partial charge < -0.3 is 5.32 Å². The van der Waals surface area contributed by atoms with E-state index >= 15 is 0 Å². The van der Waals surface area contributed by atoms with Gasteiger partial charge in [0.15, 0.2) is 0 Å². The molecule has 0 spiro atoms. The van der Waals surface area contributed by atoms with Gasteiger partial charge in [0.25, 0.3) is 11.0 Å². The first-order valence-corrected chi connectivity index (χ1v) is 4.73. The molecule has 0 radical (unpaired) electrons. The van der Waals surface area contributed by atoms with Crippen molar-refractivity contribution in [3.63, 3.8) is 0 Å². The van der Waals surface area contributed by atoms with E-state index in [-0.39, 0.29) is 6.61 Å². The van der Waals surface area contributed by atoms with Crippen molar-refractivity contribution in [3.8, 4) is 0 Å². The van der Waals surface area contributed by atoms with Gasteiger partial charge in [-0.25, -0.2) is 8.42 Å². The third kappa shape index (κ3) is 9.87. The van der Waals surface area contributed by atoms with E-state index in [9.17, 15) is 8.42 Å². The molecule has 0 aromatic rings. The van der Waals surface area contributed by atoms with Crippen LogP contribution in [0.1, 0.15) is 20.3 Å². The smallest absolute Gasteiger partial charge is 0.257 e. The van der Waals surface area contributed by atoms with Gasteiger partial charge in [-0.3, -0.25) is 4.18 Å². The third-order valence-electron chi connectivity index (χ3n) is 1.07. The van der Waals surface area contributed by atoms with Crippen molar-refractivity contribution in [1.82, 2.24) is 5.32 Å². The fourth-order valence-electron chi connectivity index (χ4n) is 0.602. The molecule has 0 bridgehead atoms. The van der Waals surface area contributed by atoms with Crippen molar-refractivity contribution >= 4 is 11.0 Å². The summed E-state index contributed by atoms with van der Waals surface area (Å²) in [5.41, 5.74) is 0. The van der Waals surface area contributed by atoms with Gasteiger partial charge in [-0.05, 0) is 13.0 Å². The number of thiol groups is 1. The fraction of sp³-hybridized carbons (Fsp3) is 1.00. The monoisotopic (exact) mass is 181 g/mol. The van der Waals surface area contributed by atoms with Gasteiger partial charge in [0.1, 0.15) is 0 Å². The Balaban J connectivity index is 3.03. The minimum atomic E-state index is -2.66. The summed E-state index contributed by atoms with van der Waals surface area (Å²) in [7, 11) is -2.66. The van der Waals surface area contributed by atoms with Gasteiger partial charge in [0, 0.05) is 6.04 Å². The first kappa shape index (κ1) is 10.9. The van der Waals surface area contributed by atoms with Crippen LogP contribution in [0.4, 0.5) is 0 Å². The zero-order valence-electron chi connectivity index (χ0n) is 6.87. The summed E-state index contributed by atoms with van der Waals surface area (Å²) in [6, 6.07) is 0.441. The first-order valence-electron chi connectivity index (χ1n) is 3.63. The maximum absolute atomic E-state index is 9.89. The molecular formula is C6H15NO3S. The highest BCUT2D eigenvalue weighted by atomic mass is 32.2. The highest BCUT2D eigenvalue weighted by Crippen LogP contribution is 1.82. The summed E-state index contributed by atoms with van der Waals surface area (Å²) < 4.78 is 24.1. The van der Waals surface area contributed by atoms with Gasteiger partial charge >= 0.3 is 0 Å². The first-order chi connectivity index (χ1) is 5.13. The van der Waals surface area contributed by atoms with Gasteiger partial charge in [-0.15, -0.1) is 0 Å². The molecule has 0 rings (SSSR count). The summed E-state index contributed by atoms with van der Waals surface area (Å²) in [6.45, 7) is 5.14. The predicted octanol–water partition coefficient (Wildman–Crippen LogP) is -0.0825. The van der Waals surface area contributed by atoms with Gasteiger partial charge in [-0.1, -0.05) is 13.8 Å². The molecule has 0 aromatic carbocycles. The number of rotatable bonds is 6. The van der Waals surface area contributed by atoms with Gasteiger partial charge in [0.2, 0.25) is 0 Å². The van der Waals surface area contributed by atoms with Crippen LogP contribution in [0.25, 0.3) is 0 Å². The molecule has 1 N–H and O–H groups in total. The lowest BCUT2D eigenvalue weighted by Gasteiger charge is -2.05. The van der Waals surface area contributed by atoms with Crippen LogP contribution in [-0.2, 0) is 15.2 Å². The Hall–Kier alpha value is -0.130. The van der Waals surface area contributed by atoms with Crippen LogP contribution < -0.4 is 5.32 Å². The number of hydrogen-bond donors (Lipinski definition) is 2. The molecule has 0 aliphatic carbocycles. The molecule has 0 saturated carbocycles. The molecule has 0 unspecified atom stereocenters. The van der Waals surface area contributed by atoms with Crippen LogP contribution in [0.2, 0.25) is 0 Å². The summed E-state index contributed by atoms with van der Waals surface area (Å²) in [4.78, 5) is 0. The molecular weight excluding hydrogens is 166 g/mol. The summed E-state index contributed by atoms with van der Waals surface area (Å²) in [5.74, 6) is 0. The van der Waals surface area contributed by atoms with Crippen molar-refractivity contribution in [2.24, 2.45) is 0 Å². The van der Waals surface area contributed by atoms with E-state index in [0.29, 0.717) is 6.04 Å². The Bertz CT molecular complexity index is 148. The largest absolute Gasteiger partial charge is 0.314 e. The van der Waals surface area contributed by atoms with Crippen LogP contribution in [0.3, 0.4) is 0 Å². The predicted molar refractivity (Wildman–Crippen MR) is 44.0 cm³/mol. The molecule has 0 aromatic heterocycles. The maximum Gasteiger partial charge on any atom is 0.257 e. The standard InChI is InChI=1S/C6H15NO3S/c1-6(2)7-4-3-5-10-11(8)9/h6-7,11H,3-5H2,1-2H3. The Morgan fingerprint density at radius 2 is 2.09 bits per heavy atom. The molecule has 0 amide bonds. The van der Waals surface area contributed by atoms with Crippen LogP contribution in [0, 0.1) is 0 Å². The van der Waals surface area contributed by atoms with E-state index < -0.39 is 11.0 Å². The lowest BCUT2D eigenvalue weighted by molar-refractivity contribution is 0.321. The summed E-state index contributed by atoms with van der Waals surface area (Å²) in [5, 5.41) is 3.14. The van der Waals surface area contributed by atoms with Crippen molar-refractivity contribution < 1.29 is 12.6 Å². The minimum Gasteiger partial charge on any atom is -0.314 e. The Labute approximate surface area is 69.1 Å². The van der Waals surface area contributed by atoms with E-state index in [4.69, 9.17) is 0 Å². The van der Waals surface area contributed by atoms with E-state index in [1.54, 1.807) is 0 Å². The average molecular weight is 181 g/mol. The molecule has 0 aliphatic rings. The van der Waals surface area contributed by atoms with Crippen molar-refractivity contribution in [2.45, 2.75) is 26.3 Å². The van der Waals surface area contributed by atoms with Crippen LogP contribution in [0.15, 0.2) is 0 Å². The molecule has 0 aliphatic heterocycles. The van der Waals surface area contributed by atoms with Crippen LogP contribution in [-0.4, -0.2) is 27.6 Å². The van der Waals surface area contributed by atoms with Gasteiger partial charge in [0.05, 0.1) is 6.61 Å². The number of nitrogens with one attached hydrogen (secondary N) is 1. The molecule has 4 nitrogen and oxygen atoms in total. The summed E-state index contributed by atoms with van der Waals surface area (Å²) >= 11 is 0. The molecule has 0 fully saturated rings. The van der Waals surface area contributed by atoms with Crippen LogP contribution in [0.5, 0.6) is 0 Å². The summed E-state index contributed by atoms with van der Waals surface area (Å²) in [6.07, 6.45) is 0.724. The van der Waals surface area contributed by atoms with E-state index in [0.717, 1.165) is 13.0 Å². The second kappa shape index (κ2) is 6.57. The van der Waals surface area contributed by atoms with E-state index in [1.807, 2.05) is 13.8 Å². The molecule has 0 atom stereocenters.